The quantitative estimate of drug-likeness (QED) is 0.741. The second-order valence-corrected chi connectivity index (χ2v) is 6.02. The summed E-state index contributed by atoms with van der Waals surface area (Å²) >= 11 is 9.33. The topological polar surface area (TPSA) is 72.7 Å². The van der Waals surface area contributed by atoms with Gasteiger partial charge in [-0.1, -0.05) is 23.7 Å². The highest BCUT2D eigenvalue weighted by molar-refractivity contribution is 9.10. The third-order valence-corrected chi connectivity index (χ3v) is 4.08. The molecule has 3 aromatic rings. The van der Waals surface area contributed by atoms with E-state index in [2.05, 4.69) is 36.8 Å². The molecule has 0 radical (unpaired) electrons. The summed E-state index contributed by atoms with van der Waals surface area (Å²) < 4.78 is 2.18. The van der Waals surface area contributed by atoms with Gasteiger partial charge in [-0.3, -0.25) is 4.79 Å². The van der Waals surface area contributed by atoms with Crippen LogP contribution in [0.4, 0.5) is 0 Å². The molecule has 23 heavy (non-hydrogen) atoms. The standard InChI is InChI=1S/C15H11BrClN5O/c16-14-5-4-12(22-9-19-20-21-22)7-13(14)15(23)18-8-10-2-1-3-11(17)6-10/h1-7,9H,8H2,(H,18,23). The van der Waals surface area contributed by atoms with E-state index in [9.17, 15) is 4.79 Å². The van der Waals surface area contributed by atoms with Crippen LogP contribution >= 0.6 is 27.5 Å². The molecule has 6 nitrogen and oxygen atoms in total. The third kappa shape index (κ3) is 3.75. The monoisotopic (exact) mass is 391 g/mol. The summed E-state index contributed by atoms with van der Waals surface area (Å²) in [5.74, 6) is -0.202. The maximum Gasteiger partial charge on any atom is 0.252 e. The van der Waals surface area contributed by atoms with Crippen molar-refractivity contribution < 1.29 is 4.79 Å². The van der Waals surface area contributed by atoms with Crippen molar-refractivity contribution in [2.75, 3.05) is 0 Å². The molecule has 1 aromatic heterocycles. The maximum absolute atomic E-state index is 12.4. The fraction of sp³-hybridized carbons (Fsp3) is 0.0667. The Morgan fingerprint density at radius 3 is 2.87 bits per heavy atom. The largest absolute Gasteiger partial charge is 0.348 e. The lowest BCUT2D eigenvalue weighted by atomic mass is 10.1. The molecule has 0 atom stereocenters. The van der Waals surface area contributed by atoms with Crippen molar-refractivity contribution in [1.82, 2.24) is 25.5 Å². The van der Waals surface area contributed by atoms with Crippen LogP contribution < -0.4 is 5.32 Å². The van der Waals surface area contributed by atoms with Gasteiger partial charge in [0.25, 0.3) is 5.91 Å². The van der Waals surface area contributed by atoms with Crippen LogP contribution in [0.5, 0.6) is 0 Å². The Kier molecular flexibility index (Phi) is 4.68. The number of carbonyl (C=O) groups excluding carboxylic acids is 1. The van der Waals surface area contributed by atoms with Crippen LogP contribution in [0, 0.1) is 0 Å². The molecule has 0 aliphatic rings. The summed E-state index contributed by atoms with van der Waals surface area (Å²) in [6.07, 6.45) is 1.47. The van der Waals surface area contributed by atoms with E-state index in [4.69, 9.17) is 11.6 Å². The molecule has 0 fully saturated rings. The predicted molar refractivity (Wildman–Crippen MR) is 89.5 cm³/mol. The van der Waals surface area contributed by atoms with Gasteiger partial charge in [0.1, 0.15) is 6.33 Å². The van der Waals surface area contributed by atoms with Crippen LogP contribution in [0.2, 0.25) is 5.02 Å². The number of halogens is 2. The van der Waals surface area contributed by atoms with Gasteiger partial charge in [-0.2, -0.15) is 0 Å². The molecule has 0 unspecified atom stereocenters. The first kappa shape index (κ1) is 15.6. The van der Waals surface area contributed by atoms with Crippen LogP contribution in [0.3, 0.4) is 0 Å². The summed E-state index contributed by atoms with van der Waals surface area (Å²) in [6, 6.07) is 12.7. The highest BCUT2D eigenvalue weighted by atomic mass is 79.9. The van der Waals surface area contributed by atoms with E-state index in [-0.39, 0.29) is 5.91 Å². The smallest absolute Gasteiger partial charge is 0.252 e. The maximum atomic E-state index is 12.4. The molecule has 0 spiro atoms. The number of hydrogen-bond acceptors (Lipinski definition) is 4. The molecule has 0 bridgehead atoms. The second kappa shape index (κ2) is 6.89. The average molecular weight is 393 g/mol. The lowest BCUT2D eigenvalue weighted by Crippen LogP contribution is -2.23. The minimum absolute atomic E-state index is 0.202. The average Bonchev–Trinajstić information content (AvgIpc) is 3.07. The van der Waals surface area contributed by atoms with E-state index in [1.807, 2.05) is 24.3 Å². The first-order chi connectivity index (χ1) is 11.1. The first-order valence-electron chi connectivity index (χ1n) is 6.69. The van der Waals surface area contributed by atoms with Gasteiger partial charge in [0.15, 0.2) is 0 Å². The molecule has 1 amide bonds. The minimum Gasteiger partial charge on any atom is -0.348 e. The summed E-state index contributed by atoms with van der Waals surface area (Å²) in [7, 11) is 0. The van der Waals surface area contributed by atoms with E-state index in [0.717, 1.165) is 5.56 Å². The van der Waals surface area contributed by atoms with Crippen LogP contribution in [0.15, 0.2) is 53.3 Å². The number of aromatic nitrogens is 4. The van der Waals surface area contributed by atoms with Crippen LogP contribution in [0.1, 0.15) is 15.9 Å². The van der Waals surface area contributed by atoms with Crippen LogP contribution in [-0.2, 0) is 6.54 Å². The summed E-state index contributed by atoms with van der Waals surface area (Å²) in [6.45, 7) is 0.390. The molecule has 0 aliphatic carbocycles. The van der Waals surface area contributed by atoms with Crippen molar-refractivity contribution in [1.29, 1.82) is 0 Å². The van der Waals surface area contributed by atoms with Gasteiger partial charge in [-0.05, 0) is 62.3 Å². The van der Waals surface area contributed by atoms with E-state index in [1.165, 1.54) is 11.0 Å². The number of nitrogens with one attached hydrogen (secondary N) is 1. The molecule has 0 saturated heterocycles. The predicted octanol–water partition coefficient (Wildman–Crippen LogP) is 3.01. The van der Waals surface area contributed by atoms with Gasteiger partial charge >= 0.3 is 0 Å². The Hall–Kier alpha value is -2.25. The fourth-order valence-electron chi connectivity index (χ4n) is 2.03. The Morgan fingerprint density at radius 1 is 1.26 bits per heavy atom. The van der Waals surface area contributed by atoms with Crippen molar-refractivity contribution in [2.24, 2.45) is 0 Å². The van der Waals surface area contributed by atoms with Gasteiger partial charge in [-0.15, -0.1) is 5.10 Å². The summed E-state index contributed by atoms with van der Waals surface area (Å²) in [4.78, 5) is 12.4. The molecule has 2 aromatic carbocycles. The number of nitrogens with zero attached hydrogens (tertiary/aromatic N) is 4. The molecule has 0 aliphatic heterocycles. The van der Waals surface area contributed by atoms with Crippen molar-refractivity contribution in [2.45, 2.75) is 6.54 Å². The second-order valence-electron chi connectivity index (χ2n) is 4.73. The van der Waals surface area contributed by atoms with Crippen molar-refractivity contribution in [3.8, 4) is 5.69 Å². The minimum atomic E-state index is -0.202. The summed E-state index contributed by atoms with van der Waals surface area (Å²) in [5, 5.41) is 14.5. The number of benzene rings is 2. The molecular formula is C15H11BrClN5O. The van der Waals surface area contributed by atoms with Gasteiger partial charge in [-0.25, -0.2) is 4.68 Å². The van der Waals surface area contributed by atoms with E-state index in [0.29, 0.717) is 27.3 Å². The van der Waals surface area contributed by atoms with Gasteiger partial charge in [0.2, 0.25) is 0 Å². The lowest BCUT2D eigenvalue weighted by Gasteiger charge is -2.09. The summed E-state index contributed by atoms with van der Waals surface area (Å²) in [5.41, 5.74) is 2.13. The Balaban J connectivity index is 1.78. The molecule has 3 rings (SSSR count). The SMILES string of the molecule is O=C(NCc1cccc(Cl)c1)c1cc(-n2cnnn2)ccc1Br. The number of rotatable bonds is 4. The number of carbonyl (C=O) groups is 1. The van der Waals surface area contributed by atoms with Crippen molar-refractivity contribution >= 4 is 33.4 Å². The molecular weight excluding hydrogens is 382 g/mol. The van der Waals surface area contributed by atoms with E-state index in [1.54, 1.807) is 18.2 Å². The Morgan fingerprint density at radius 2 is 2.13 bits per heavy atom. The highest BCUT2D eigenvalue weighted by Gasteiger charge is 2.12. The molecule has 1 heterocycles. The molecule has 1 N–H and O–H groups in total. The van der Waals surface area contributed by atoms with Gasteiger partial charge in [0.05, 0.1) is 11.3 Å². The zero-order valence-electron chi connectivity index (χ0n) is 11.8. The molecule has 8 heteroatoms. The Labute approximate surface area is 145 Å². The van der Waals surface area contributed by atoms with Gasteiger partial charge in [0, 0.05) is 16.0 Å². The van der Waals surface area contributed by atoms with Gasteiger partial charge < -0.3 is 5.32 Å². The van der Waals surface area contributed by atoms with Crippen molar-refractivity contribution in [3.05, 3.63) is 69.4 Å². The number of tetrazole rings is 1. The zero-order chi connectivity index (χ0) is 16.2. The fourth-order valence-corrected chi connectivity index (χ4v) is 2.67. The first-order valence-corrected chi connectivity index (χ1v) is 7.86. The number of hydrogen-bond donors (Lipinski definition) is 1. The third-order valence-electron chi connectivity index (χ3n) is 3.15. The highest BCUT2D eigenvalue weighted by Crippen LogP contribution is 2.20. The normalized spacial score (nSPS) is 10.5. The van der Waals surface area contributed by atoms with Crippen LogP contribution in [-0.4, -0.2) is 26.1 Å². The Bertz CT molecular complexity index is 838. The zero-order valence-corrected chi connectivity index (χ0v) is 14.1. The van der Waals surface area contributed by atoms with E-state index >= 15 is 0 Å². The van der Waals surface area contributed by atoms with E-state index < -0.39 is 0 Å². The molecule has 116 valence electrons. The van der Waals surface area contributed by atoms with Crippen LogP contribution in [0.25, 0.3) is 5.69 Å². The molecule has 0 saturated carbocycles. The number of amides is 1. The lowest BCUT2D eigenvalue weighted by molar-refractivity contribution is 0.0950. The van der Waals surface area contributed by atoms with Crippen molar-refractivity contribution in [3.63, 3.8) is 0 Å².